The van der Waals surface area contributed by atoms with Crippen LogP contribution >= 0.6 is 11.8 Å². The summed E-state index contributed by atoms with van der Waals surface area (Å²) in [6, 6.07) is 4.38. The van der Waals surface area contributed by atoms with Gasteiger partial charge in [-0.05, 0) is 24.7 Å². The third-order valence-corrected chi connectivity index (χ3v) is 5.01. The molecule has 1 rings (SSSR count). The number of pyridine rings is 1. The molecule has 0 fully saturated rings. The molecule has 3 heteroatoms. The molecule has 0 atom stereocenters. The summed E-state index contributed by atoms with van der Waals surface area (Å²) < 4.78 is 0. The van der Waals surface area contributed by atoms with E-state index >= 15 is 0 Å². The lowest BCUT2D eigenvalue weighted by atomic mass is 10.1. The van der Waals surface area contributed by atoms with Gasteiger partial charge in [-0.3, -0.25) is 0 Å². The van der Waals surface area contributed by atoms with Crippen LogP contribution in [0.15, 0.2) is 18.3 Å². The van der Waals surface area contributed by atoms with Gasteiger partial charge >= 0.3 is 0 Å². The average Bonchev–Trinajstić information content (AvgIpc) is 2.48. The Balaban J connectivity index is 0.00000441. The molecule has 1 N–H and O–H groups in total. The van der Waals surface area contributed by atoms with Gasteiger partial charge in [0.25, 0.3) is 0 Å². The van der Waals surface area contributed by atoms with Gasteiger partial charge in [0.15, 0.2) is 11.9 Å². The van der Waals surface area contributed by atoms with E-state index in [1.807, 2.05) is 6.20 Å². The minimum Gasteiger partial charge on any atom is -1.00 e. The predicted molar refractivity (Wildman–Crippen MR) is 95.7 cm³/mol. The lowest BCUT2D eigenvalue weighted by Gasteiger charge is -2.02. The van der Waals surface area contributed by atoms with E-state index in [1.54, 1.807) is 0 Å². The van der Waals surface area contributed by atoms with E-state index in [4.69, 9.17) is 0 Å². The summed E-state index contributed by atoms with van der Waals surface area (Å²) >= 11 is 2.06. The Kier molecular flexibility index (Phi) is 15.5. The molecule has 0 saturated heterocycles. The van der Waals surface area contributed by atoms with Crippen LogP contribution in [0, 0.1) is 6.92 Å². The SMILES string of the molecule is CCCCCCCCCCCCSCc1cc(C)cc[nH+]1.[Cl-]. The zero-order valence-corrected chi connectivity index (χ0v) is 16.1. The van der Waals surface area contributed by atoms with Gasteiger partial charge in [-0.25, -0.2) is 4.98 Å². The maximum absolute atomic E-state index is 3.33. The molecule has 0 unspecified atom stereocenters. The second kappa shape index (κ2) is 15.7. The first-order chi connectivity index (χ1) is 10.3. The molecule has 0 bridgehead atoms. The third kappa shape index (κ3) is 12.3. The Labute approximate surface area is 148 Å². The molecule has 0 aliphatic carbocycles. The topological polar surface area (TPSA) is 14.1 Å². The zero-order chi connectivity index (χ0) is 15.2. The third-order valence-electron chi connectivity index (χ3n) is 3.92. The lowest BCUT2D eigenvalue weighted by Crippen LogP contribution is -3.00. The fourth-order valence-electron chi connectivity index (χ4n) is 2.60. The number of hydrogen-bond acceptors (Lipinski definition) is 1. The summed E-state index contributed by atoms with van der Waals surface area (Å²) in [5.74, 6) is 2.43. The summed E-state index contributed by atoms with van der Waals surface area (Å²) in [4.78, 5) is 3.33. The van der Waals surface area contributed by atoms with E-state index in [2.05, 4.69) is 42.7 Å². The van der Waals surface area contributed by atoms with Crippen molar-refractivity contribution in [3.8, 4) is 0 Å². The normalized spacial score (nSPS) is 10.5. The van der Waals surface area contributed by atoms with Crippen molar-refractivity contribution < 1.29 is 17.4 Å². The number of H-pyrrole nitrogens is 1. The van der Waals surface area contributed by atoms with E-state index in [0.29, 0.717) is 0 Å². The van der Waals surface area contributed by atoms with Gasteiger partial charge in [-0.2, -0.15) is 11.8 Å². The average molecular weight is 344 g/mol. The Morgan fingerprint density at radius 3 is 2.09 bits per heavy atom. The number of hydrogen-bond donors (Lipinski definition) is 0. The number of rotatable bonds is 13. The van der Waals surface area contributed by atoms with Crippen molar-refractivity contribution in [2.24, 2.45) is 0 Å². The van der Waals surface area contributed by atoms with Crippen LogP contribution < -0.4 is 17.4 Å². The van der Waals surface area contributed by atoms with E-state index in [1.165, 1.54) is 81.2 Å². The number of aromatic amines is 1. The Morgan fingerprint density at radius 2 is 1.50 bits per heavy atom. The molecule has 0 radical (unpaired) electrons. The summed E-state index contributed by atoms with van der Waals surface area (Å²) in [6.45, 7) is 4.44. The molecule has 0 aromatic carbocycles. The highest BCUT2D eigenvalue weighted by atomic mass is 35.5. The Hall–Kier alpha value is -0.210. The lowest BCUT2D eigenvalue weighted by molar-refractivity contribution is -0.388. The van der Waals surface area contributed by atoms with E-state index in [9.17, 15) is 0 Å². The fraction of sp³-hybridized carbons (Fsp3) is 0.737. The van der Waals surface area contributed by atoms with E-state index in [-0.39, 0.29) is 12.4 Å². The standard InChI is InChI=1S/C19H33NS.ClH/c1-3-4-5-6-7-8-9-10-11-12-15-21-17-19-16-18(2)13-14-20-19;/h13-14,16H,3-12,15,17H2,1-2H3;1H. The van der Waals surface area contributed by atoms with Crippen LogP contribution in [0.25, 0.3) is 0 Å². The largest absolute Gasteiger partial charge is 1.00 e. The van der Waals surface area contributed by atoms with Gasteiger partial charge in [0.05, 0.1) is 5.75 Å². The van der Waals surface area contributed by atoms with Gasteiger partial charge in [0.2, 0.25) is 0 Å². The number of unbranched alkanes of at least 4 members (excludes halogenated alkanes) is 9. The summed E-state index contributed by atoms with van der Waals surface area (Å²) in [5.41, 5.74) is 2.70. The van der Waals surface area contributed by atoms with Gasteiger partial charge in [0, 0.05) is 12.1 Å². The van der Waals surface area contributed by atoms with Gasteiger partial charge < -0.3 is 12.4 Å². The maximum Gasteiger partial charge on any atom is 0.189 e. The van der Waals surface area contributed by atoms with E-state index < -0.39 is 0 Å². The summed E-state index contributed by atoms with van der Waals surface area (Å²) in [5, 5.41) is 0. The highest BCUT2D eigenvalue weighted by Crippen LogP contribution is 2.14. The van der Waals surface area contributed by atoms with Crippen LogP contribution in [-0.2, 0) is 5.75 Å². The first kappa shape index (κ1) is 21.8. The molecule has 0 aliphatic rings. The fourth-order valence-corrected chi connectivity index (χ4v) is 3.54. The molecule has 22 heavy (non-hydrogen) atoms. The van der Waals surface area contributed by atoms with Crippen LogP contribution in [0.2, 0.25) is 0 Å². The van der Waals surface area contributed by atoms with Crippen molar-refractivity contribution >= 4 is 11.8 Å². The molecule has 1 nitrogen and oxygen atoms in total. The monoisotopic (exact) mass is 343 g/mol. The number of thioether (sulfide) groups is 1. The second-order valence-electron chi connectivity index (χ2n) is 6.13. The molecule has 0 amide bonds. The van der Waals surface area contributed by atoms with Gasteiger partial charge in [-0.1, -0.05) is 64.7 Å². The van der Waals surface area contributed by atoms with Crippen LogP contribution in [-0.4, -0.2) is 5.75 Å². The molecule has 0 saturated carbocycles. The molecular weight excluding hydrogens is 310 g/mol. The van der Waals surface area contributed by atoms with Crippen molar-refractivity contribution in [1.29, 1.82) is 0 Å². The number of nitrogens with one attached hydrogen (secondary N) is 1. The molecule has 1 aromatic rings. The van der Waals surface area contributed by atoms with Crippen LogP contribution in [0.1, 0.15) is 82.4 Å². The summed E-state index contributed by atoms with van der Waals surface area (Å²) in [7, 11) is 0. The van der Waals surface area contributed by atoms with Gasteiger partial charge in [0.1, 0.15) is 0 Å². The first-order valence-electron chi connectivity index (χ1n) is 8.88. The molecule has 128 valence electrons. The molecular formula is C19H34ClNS. The van der Waals surface area contributed by atoms with Crippen molar-refractivity contribution in [3.05, 3.63) is 29.6 Å². The quantitative estimate of drug-likeness (QED) is 0.502. The van der Waals surface area contributed by atoms with Crippen LogP contribution in [0.3, 0.4) is 0 Å². The first-order valence-corrected chi connectivity index (χ1v) is 10.0. The Bertz CT molecular complexity index is 357. The number of halogens is 1. The highest BCUT2D eigenvalue weighted by Gasteiger charge is 2.01. The van der Waals surface area contributed by atoms with Crippen molar-refractivity contribution in [1.82, 2.24) is 0 Å². The van der Waals surface area contributed by atoms with Crippen molar-refractivity contribution in [3.63, 3.8) is 0 Å². The van der Waals surface area contributed by atoms with Crippen LogP contribution in [0.4, 0.5) is 0 Å². The number of aryl methyl sites for hydroxylation is 1. The van der Waals surface area contributed by atoms with Crippen LogP contribution in [0.5, 0.6) is 0 Å². The molecule has 1 aromatic heterocycles. The van der Waals surface area contributed by atoms with Crippen molar-refractivity contribution in [2.45, 2.75) is 83.8 Å². The second-order valence-corrected chi connectivity index (χ2v) is 7.23. The minimum absolute atomic E-state index is 0. The summed E-state index contributed by atoms with van der Waals surface area (Å²) in [6.07, 6.45) is 16.3. The Morgan fingerprint density at radius 1 is 0.909 bits per heavy atom. The highest BCUT2D eigenvalue weighted by molar-refractivity contribution is 7.98. The zero-order valence-electron chi connectivity index (χ0n) is 14.5. The van der Waals surface area contributed by atoms with E-state index in [0.717, 1.165) is 5.75 Å². The smallest absolute Gasteiger partial charge is 0.189 e. The molecule has 0 aliphatic heterocycles. The van der Waals surface area contributed by atoms with Gasteiger partial charge in [-0.15, -0.1) is 0 Å². The molecule has 0 spiro atoms. The predicted octanol–water partition coefficient (Wildman–Crippen LogP) is 2.97. The minimum atomic E-state index is 0. The van der Waals surface area contributed by atoms with Crippen molar-refractivity contribution in [2.75, 3.05) is 5.75 Å². The maximum atomic E-state index is 3.33. The number of aromatic nitrogens is 1. The molecule has 1 heterocycles.